The Morgan fingerprint density at radius 1 is 1.12 bits per heavy atom. The predicted molar refractivity (Wildman–Crippen MR) is 94.9 cm³/mol. The molecule has 0 aromatic carbocycles. The molecule has 3 rings (SSSR count). The van der Waals surface area contributed by atoms with Crippen LogP contribution in [0.2, 0.25) is 0 Å². The number of carbonyl (C=O) groups is 1. The highest BCUT2D eigenvalue weighted by Crippen LogP contribution is 2.19. The molecular weight excluding hydrogens is 338 g/mol. The molecule has 0 radical (unpaired) electrons. The van der Waals surface area contributed by atoms with Gasteiger partial charge in [0.15, 0.2) is 0 Å². The minimum atomic E-state index is 0. The molecular formula is C18H27ClN5O-. The van der Waals surface area contributed by atoms with Crippen molar-refractivity contribution in [3.05, 3.63) is 30.1 Å². The topological polar surface area (TPSA) is 61.4 Å². The number of hydrogen-bond acceptors (Lipinski definition) is 5. The molecule has 0 unspecified atom stereocenters. The van der Waals surface area contributed by atoms with Gasteiger partial charge in [-0.1, -0.05) is 11.6 Å². The SMILES string of the molecule is O=C(CN1CCN(c2ncccn2)CC1)NCCC1=CCCCC1.[Cl-]. The van der Waals surface area contributed by atoms with Gasteiger partial charge in [0.25, 0.3) is 0 Å². The first-order valence-electron chi connectivity index (χ1n) is 9.00. The first-order valence-corrected chi connectivity index (χ1v) is 9.00. The summed E-state index contributed by atoms with van der Waals surface area (Å²) in [5.74, 6) is 0.915. The molecule has 1 amide bonds. The minimum Gasteiger partial charge on any atom is -1.00 e. The van der Waals surface area contributed by atoms with Gasteiger partial charge in [0.2, 0.25) is 11.9 Å². The highest BCUT2D eigenvalue weighted by atomic mass is 35.5. The quantitative estimate of drug-likeness (QED) is 0.630. The lowest BCUT2D eigenvalue weighted by Crippen LogP contribution is -3.00. The standard InChI is InChI=1S/C18H27N5O.ClH/c24-17(19-10-7-16-5-2-1-3-6-16)15-22-11-13-23(14-12-22)18-20-8-4-9-21-18;/h4-5,8-9H,1-3,6-7,10-15H2,(H,19,24);1H/p-1. The monoisotopic (exact) mass is 364 g/mol. The number of amides is 1. The molecule has 0 spiro atoms. The molecule has 1 fully saturated rings. The summed E-state index contributed by atoms with van der Waals surface area (Å²) in [6.45, 7) is 4.73. The van der Waals surface area contributed by atoms with E-state index in [9.17, 15) is 4.79 Å². The van der Waals surface area contributed by atoms with Crippen LogP contribution in [0.5, 0.6) is 0 Å². The normalized spacial score (nSPS) is 18.2. The summed E-state index contributed by atoms with van der Waals surface area (Å²) in [5, 5.41) is 3.06. The molecule has 1 aliphatic carbocycles. The van der Waals surface area contributed by atoms with E-state index in [4.69, 9.17) is 0 Å². The third kappa shape index (κ3) is 6.29. The van der Waals surface area contributed by atoms with Crippen LogP contribution in [0.4, 0.5) is 5.95 Å². The van der Waals surface area contributed by atoms with Crippen molar-refractivity contribution in [2.75, 3.05) is 44.2 Å². The van der Waals surface area contributed by atoms with Crippen LogP contribution in [0.1, 0.15) is 32.1 Å². The Morgan fingerprint density at radius 2 is 1.88 bits per heavy atom. The number of nitrogens with zero attached hydrogens (tertiary/aromatic N) is 4. The first kappa shape index (κ1) is 19.7. The van der Waals surface area contributed by atoms with Crippen molar-refractivity contribution in [1.82, 2.24) is 20.2 Å². The summed E-state index contributed by atoms with van der Waals surface area (Å²) >= 11 is 0. The lowest BCUT2D eigenvalue weighted by molar-refractivity contribution is -0.122. The molecule has 25 heavy (non-hydrogen) atoms. The molecule has 1 aromatic heterocycles. The number of allylic oxidation sites excluding steroid dienone is 1. The zero-order valence-corrected chi connectivity index (χ0v) is 15.4. The summed E-state index contributed by atoms with van der Waals surface area (Å²) in [6.07, 6.45) is 11.9. The van der Waals surface area contributed by atoms with Gasteiger partial charge < -0.3 is 22.6 Å². The van der Waals surface area contributed by atoms with Gasteiger partial charge in [-0.05, 0) is 38.2 Å². The highest BCUT2D eigenvalue weighted by molar-refractivity contribution is 5.78. The molecule has 7 heteroatoms. The van der Waals surface area contributed by atoms with Crippen LogP contribution in [0, 0.1) is 0 Å². The Labute approximate surface area is 156 Å². The van der Waals surface area contributed by atoms with Crippen molar-refractivity contribution in [1.29, 1.82) is 0 Å². The van der Waals surface area contributed by atoms with E-state index in [0.717, 1.165) is 45.1 Å². The van der Waals surface area contributed by atoms with E-state index in [1.807, 2.05) is 6.07 Å². The predicted octanol–water partition coefficient (Wildman–Crippen LogP) is -1.39. The smallest absolute Gasteiger partial charge is 0.234 e. The maximum atomic E-state index is 12.1. The molecule has 6 nitrogen and oxygen atoms in total. The maximum Gasteiger partial charge on any atom is 0.234 e. The fraction of sp³-hybridized carbons (Fsp3) is 0.611. The number of rotatable bonds is 6. The van der Waals surface area contributed by atoms with Crippen LogP contribution in [0.3, 0.4) is 0 Å². The van der Waals surface area contributed by atoms with Gasteiger partial charge in [-0.25, -0.2) is 9.97 Å². The van der Waals surface area contributed by atoms with Gasteiger partial charge in [-0.15, -0.1) is 0 Å². The van der Waals surface area contributed by atoms with Crippen molar-refractivity contribution < 1.29 is 17.2 Å². The van der Waals surface area contributed by atoms with Crippen molar-refractivity contribution >= 4 is 11.9 Å². The zero-order chi connectivity index (χ0) is 16.6. The largest absolute Gasteiger partial charge is 1.00 e. The Kier molecular flexibility index (Phi) is 8.15. The molecule has 138 valence electrons. The van der Waals surface area contributed by atoms with E-state index in [1.165, 1.54) is 31.3 Å². The van der Waals surface area contributed by atoms with Crippen LogP contribution in [0.15, 0.2) is 30.1 Å². The molecule has 1 saturated heterocycles. The van der Waals surface area contributed by atoms with Gasteiger partial charge >= 0.3 is 0 Å². The van der Waals surface area contributed by atoms with E-state index in [1.54, 1.807) is 12.4 Å². The molecule has 0 bridgehead atoms. The van der Waals surface area contributed by atoms with Crippen LogP contribution in [0.25, 0.3) is 0 Å². The third-order valence-electron chi connectivity index (χ3n) is 4.73. The van der Waals surface area contributed by atoms with Crippen LogP contribution in [-0.2, 0) is 4.79 Å². The Bertz CT molecular complexity index is 558. The summed E-state index contributed by atoms with van der Waals surface area (Å²) in [5.41, 5.74) is 1.51. The van der Waals surface area contributed by atoms with Crippen molar-refractivity contribution in [2.24, 2.45) is 0 Å². The number of halogens is 1. The number of piperazine rings is 1. The van der Waals surface area contributed by atoms with Crippen LogP contribution in [-0.4, -0.2) is 60.0 Å². The fourth-order valence-electron chi connectivity index (χ4n) is 3.31. The average molecular weight is 365 g/mol. The van der Waals surface area contributed by atoms with E-state index < -0.39 is 0 Å². The molecule has 0 atom stereocenters. The Morgan fingerprint density at radius 3 is 2.56 bits per heavy atom. The lowest BCUT2D eigenvalue weighted by atomic mass is 9.97. The van der Waals surface area contributed by atoms with Gasteiger partial charge in [0, 0.05) is 45.1 Å². The van der Waals surface area contributed by atoms with E-state index >= 15 is 0 Å². The Hall–Kier alpha value is -1.66. The minimum absolute atomic E-state index is 0. The number of carbonyl (C=O) groups excluding carboxylic acids is 1. The summed E-state index contributed by atoms with van der Waals surface area (Å²) in [4.78, 5) is 25.0. The third-order valence-corrected chi connectivity index (χ3v) is 4.73. The molecule has 1 aliphatic heterocycles. The van der Waals surface area contributed by atoms with Crippen molar-refractivity contribution in [3.63, 3.8) is 0 Å². The summed E-state index contributed by atoms with van der Waals surface area (Å²) in [6, 6.07) is 1.83. The van der Waals surface area contributed by atoms with Gasteiger partial charge in [-0.2, -0.15) is 0 Å². The second-order valence-electron chi connectivity index (χ2n) is 6.52. The number of hydrogen-bond donors (Lipinski definition) is 1. The molecule has 0 saturated carbocycles. The van der Waals surface area contributed by atoms with Gasteiger partial charge in [0.05, 0.1) is 6.54 Å². The molecule has 1 N–H and O–H groups in total. The molecule has 2 heterocycles. The van der Waals surface area contributed by atoms with E-state index in [0.29, 0.717) is 6.54 Å². The second-order valence-corrected chi connectivity index (χ2v) is 6.52. The van der Waals surface area contributed by atoms with Crippen LogP contribution >= 0.6 is 0 Å². The number of aromatic nitrogens is 2. The Balaban J connectivity index is 0.00000225. The number of anilines is 1. The van der Waals surface area contributed by atoms with Crippen molar-refractivity contribution in [2.45, 2.75) is 32.1 Å². The average Bonchev–Trinajstić information content (AvgIpc) is 2.64. The second kappa shape index (κ2) is 10.4. The first-order chi connectivity index (χ1) is 11.8. The van der Waals surface area contributed by atoms with E-state index in [2.05, 4.69) is 31.2 Å². The summed E-state index contributed by atoms with van der Waals surface area (Å²) in [7, 11) is 0. The fourth-order valence-corrected chi connectivity index (χ4v) is 3.31. The molecule has 1 aromatic rings. The molecule has 2 aliphatic rings. The van der Waals surface area contributed by atoms with Gasteiger partial charge in [-0.3, -0.25) is 9.69 Å². The van der Waals surface area contributed by atoms with Crippen molar-refractivity contribution in [3.8, 4) is 0 Å². The van der Waals surface area contributed by atoms with Gasteiger partial charge in [0.1, 0.15) is 0 Å². The highest BCUT2D eigenvalue weighted by Gasteiger charge is 2.20. The van der Waals surface area contributed by atoms with E-state index in [-0.39, 0.29) is 18.3 Å². The maximum absolute atomic E-state index is 12.1. The lowest BCUT2D eigenvalue weighted by Gasteiger charge is -2.34. The number of nitrogens with one attached hydrogen (secondary N) is 1. The summed E-state index contributed by atoms with van der Waals surface area (Å²) < 4.78 is 0. The van der Waals surface area contributed by atoms with Crippen LogP contribution < -0.4 is 22.6 Å². The zero-order valence-electron chi connectivity index (χ0n) is 14.7.